The van der Waals surface area contributed by atoms with Gasteiger partial charge in [-0.25, -0.2) is 0 Å². The molecule has 0 aromatic heterocycles. The maximum Gasteiger partial charge on any atom is 0.0523 e. The Bertz CT molecular complexity index is 468. The van der Waals surface area contributed by atoms with Crippen molar-refractivity contribution in [2.75, 3.05) is 0 Å². The van der Waals surface area contributed by atoms with Crippen LogP contribution in [0.4, 0.5) is 0 Å². The minimum absolute atomic E-state index is 0.203. The van der Waals surface area contributed by atoms with Gasteiger partial charge in [-0.15, -0.1) is 11.6 Å². The predicted molar refractivity (Wildman–Crippen MR) is 80.4 cm³/mol. The van der Waals surface area contributed by atoms with Gasteiger partial charge in [0.2, 0.25) is 0 Å². The largest absolute Gasteiger partial charge is 0.118 e. The molecule has 0 N–H and O–H groups in total. The Morgan fingerprint density at radius 1 is 1.28 bits per heavy atom. The standard InChI is InChI=1S/C17H23Cl/c1-12-5-6-13(2)15(7-12)8-14-9-16(18)11-17(3,4)10-14/h5-7,9,16H,8,10-11H2,1-4H3. The highest BCUT2D eigenvalue weighted by molar-refractivity contribution is 6.21. The second kappa shape index (κ2) is 5.09. The van der Waals surface area contributed by atoms with Crippen LogP contribution in [-0.2, 0) is 6.42 Å². The summed E-state index contributed by atoms with van der Waals surface area (Å²) >= 11 is 6.36. The third-order valence-corrected chi connectivity index (χ3v) is 4.07. The first-order chi connectivity index (χ1) is 8.35. The van der Waals surface area contributed by atoms with E-state index in [0.717, 1.165) is 12.8 Å². The summed E-state index contributed by atoms with van der Waals surface area (Å²) in [4.78, 5) is 0. The van der Waals surface area contributed by atoms with E-state index < -0.39 is 0 Å². The molecule has 1 aliphatic carbocycles. The van der Waals surface area contributed by atoms with E-state index in [9.17, 15) is 0 Å². The lowest BCUT2D eigenvalue weighted by atomic mass is 9.75. The fourth-order valence-corrected chi connectivity index (χ4v) is 3.54. The molecule has 0 spiro atoms. The van der Waals surface area contributed by atoms with E-state index in [-0.39, 0.29) is 5.38 Å². The molecule has 18 heavy (non-hydrogen) atoms. The smallest absolute Gasteiger partial charge is 0.0523 e. The summed E-state index contributed by atoms with van der Waals surface area (Å²) < 4.78 is 0. The van der Waals surface area contributed by atoms with Crippen LogP contribution in [0, 0.1) is 19.3 Å². The lowest BCUT2D eigenvalue weighted by Crippen LogP contribution is -2.23. The van der Waals surface area contributed by atoms with Crippen LogP contribution in [0.25, 0.3) is 0 Å². The normalized spacial score (nSPS) is 22.7. The van der Waals surface area contributed by atoms with Crippen molar-refractivity contribution in [3.8, 4) is 0 Å². The van der Waals surface area contributed by atoms with Crippen molar-refractivity contribution in [1.29, 1.82) is 0 Å². The number of alkyl halides is 1. The van der Waals surface area contributed by atoms with Crippen molar-refractivity contribution >= 4 is 11.6 Å². The van der Waals surface area contributed by atoms with E-state index in [1.54, 1.807) is 0 Å². The second-order valence-electron chi connectivity index (χ2n) is 6.49. The summed E-state index contributed by atoms with van der Waals surface area (Å²) in [5.41, 5.74) is 6.02. The van der Waals surface area contributed by atoms with Gasteiger partial charge in [-0.3, -0.25) is 0 Å². The van der Waals surface area contributed by atoms with Gasteiger partial charge in [0.1, 0.15) is 0 Å². The average molecular weight is 263 g/mol. The molecule has 0 saturated carbocycles. The van der Waals surface area contributed by atoms with Crippen LogP contribution in [-0.4, -0.2) is 5.38 Å². The van der Waals surface area contributed by atoms with Crippen LogP contribution in [0.2, 0.25) is 0 Å². The molecule has 0 heterocycles. The minimum Gasteiger partial charge on any atom is -0.118 e. The van der Waals surface area contributed by atoms with Gasteiger partial charge in [0.05, 0.1) is 5.38 Å². The topological polar surface area (TPSA) is 0 Å². The van der Waals surface area contributed by atoms with Crippen LogP contribution >= 0.6 is 11.6 Å². The summed E-state index contributed by atoms with van der Waals surface area (Å²) in [5.74, 6) is 0. The molecule has 1 aromatic carbocycles. The molecule has 1 heteroatoms. The number of hydrogen-bond acceptors (Lipinski definition) is 0. The quantitative estimate of drug-likeness (QED) is 0.508. The molecule has 0 fully saturated rings. The number of aryl methyl sites for hydroxylation is 2. The third-order valence-electron chi connectivity index (χ3n) is 3.79. The van der Waals surface area contributed by atoms with E-state index in [2.05, 4.69) is 52.0 Å². The Kier molecular flexibility index (Phi) is 3.87. The van der Waals surface area contributed by atoms with Crippen molar-refractivity contribution in [3.63, 3.8) is 0 Å². The number of rotatable bonds is 2. The van der Waals surface area contributed by atoms with Crippen molar-refractivity contribution in [2.24, 2.45) is 5.41 Å². The molecule has 0 nitrogen and oxygen atoms in total. The Morgan fingerprint density at radius 3 is 2.67 bits per heavy atom. The number of hydrogen-bond donors (Lipinski definition) is 0. The molecular formula is C17H23Cl. The summed E-state index contributed by atoms with van der Waals surface area (Å²) in [6, 6.07) is 6.71. The fourth-order valence-electron chi connectivity index (χ4n) is 2.95. The van der Waals surface area contributed by atoms with Crippen molar-refractivity contribution in [1.82, 2.24) is 0 Å². The SMILES string of the molecule is Cc1ccc(C)c(CC2=CC(Cl)CC(C)(C)C2)c1. The zero-order valence-corrected chi connectivity index (χ0v) is 12.6. The van der Waals surface area contributed by atoms with Crippen LogP contribution in [0.15, 0.2) is 29.8 Å². The van der Waals surface area contributed by atoms with Gasteiger partial charge in [-0.1, -0.05) is 49.3 Å². The van der Waals surface area contributed by atoms with Gasteiger partial charge in [-0.05, 0) is 49.7 Å². The number of benzene rings is 1. The van der Waals surface area contributed by atoms with Crippen molar-refractivity contribution < 1.29 is 0 Å². The summed E-state index contributed by atoms with van der Waals surface area (Å²) in [6.45, 7) is 8.99. The molecule has 2 rings (SSSR count). The van der Waals surface area contributed by atoms with Crippen molar-refractivity contribution in [3.05, 3.63) is 46.5 Å². The zero-order chi connectivity index (χ0) is 13.3. The molecule has 1 unspecified atom stereocenters. The fraction of sp³-hybridized carbons (Fsp3) is 0.529. The molecule has 0 saturated heterocycles. The van der Waals surface area contributed by atoms with Gasteiger partial charge < -0.3 is 0 Å². The van der Waals surface area contributed by atoms with E-state index in [4.69, 9.17) is 11.6 Å². The highest BCUT2D eigenvalue weighted by Crippen LogP contribution is 2.38. The molecule has 1 aromatic rings. The van der Waals surface area contributed by atoms with Crippen LogP contribution in [0.3, 0.4) is 0 Å². The Labute approximate surface area is 116 Å². The zero-order valence-electron chi connectivity index (χ0n) is 11.9. The highest BCUT2D eigenvalue weighted by atomic mass is 35.5. The van der Waals surface area contributed by atoms with E-state index in [0.29, 0.717) is 5.41 Å². The molecule has 98 valence electrons. The van der Waals surface area contributed by atoms with Gasteiger partial charge in [0.15, 0.2) is 0 Å². The first kappa shape index (κ1) is 13.7. The van der Waals surface area contributed by atoms with Gasteiger partial charge in [-0.2, -0.15) is 0 Å². The average Bonchev–Trinajstić information content (AvgIpc) is 2.20. The van der Waals surface area contributed by atoms with Crippen LogP contribution in [0.5, 0.6) is 0 Å². The number of allylic oxidation sites excluding steroid dienone is 2. The van der Waals surface area contributed by atoms with Crippen LogP contribution < -0.4 is 0 Å². The summed E-state index contributed by atoms with van der Waals surface area (Å²) in [6.07, 6.45) is 5.59. The number of halogens is 1. The first-order valence-corrected chi connectivity index (χ1v) is 7.19. The lowest BCUT2D eigenvalue weighted by Gasteiger charge is -2.32. The molecule has 1 aliphatic rings. The van der Waals surface area contributed by atoms with Crippen LogP contribution in [0.1, 0.15) is 43.4 Å². The van der Waals surface area contributed by atoms with Gasteiger partial charge >= 0.3 is 0 Å². The first-order valence-electron chi connectivity index (χ1n) is 6.75. The lowest BCUT2D eigenvalue weighted by molar-refractivity contribution is 0.320. The van der Waals surface area contributed by atoms with E-state index >= 15 is 0 Å². The maximum absolute atomic E-state index is 6.36. The minimum atomic E-state index is 0.203. The molecule has 0 aliphatic heterocycles. The second-order valence-corrected chi connectivity index (χ2v) is 7.05. The van der Waals surface area contributed by atoms with Gasteiger partial charge in [0, 0.05) is 0 Å². The van der Waals surface area contributed by atoms with Crippen molar-refractivity contribution in [2.45, 2.75) is 52.3 Å². The summed E-state index contributed by atoms with van der Waals surface area (Å²) in [7, 11) is 0. The monoisotopic (exact) mass is 262 g/mol. The van der Waals surface area contributed by atoms with Gasteiger partial charge in [0.25, 0.3) is 0 Å². The molecule has 0 radical (unpaired) electrons. The molecule has 1 atom stereocenters. The summed E-state index contributed by atoms with van der Waals surface area (Å²) in [5, 5.41) is 0.203. The molecule has 0 bridgehead atoms. The van der Waals surface area contributed by atoms with E-state index in [1.807, 2.05) is 0 Å². The van der Waals surface area contributed by atoms with E-state index in [1.165, 1.54) is 28.7 Å². The highest BCUT2D eigenvalue weighted by Gasteiger charge is 2.27. The Morgan fingerprint density at radius 2 is 2.00 bits per heavy atom. The third kappa shape index (κ3) is 3.38. The maximum atomic E-state index is 6.36. The Balaban J connectivity index is 2.21. The molecule has 0 amide bonds. The molecular weight excluding hydrogens is 240 g/mol. The predicted octanol–water partition coefficient (Wildman–Crippen LogP) is 5.20. The Hall–Kier alpha value is -0.750.